The lowest BCUT2D eigenvalue weighted by Gasteiger charge is -2.28. The van der Waals surface area contributed by atoms with E-state index in [1.54, 1.807) is 0 Å². The Bertz CT molecular complexity index is 542. The lowest BCUT2D eigenvalue weighted by atomic mass is 10.2. The van der Waals surface area contributed by atoms with Crippen LogP contribution in [-0.4, -0.2) is 30.6 Å². The van der Waals surface area contributed by atoms with Gasteiger partial charge in [0.2, 0.25) is 10.0 Å². The van der Waals surface area contributed by atoms with Crippen LogP contribution in [0.4, 0.5) is 8.78 Å². The van der Waals surface area contributed by atoms with Crippen molar-refractivity contribution in [2.75, 3.05) is 13.1 Å². The van der Waals surface area contributed by atoms with Crippen molar-refractivity contribution in [2.45, 2.75) is 22.6 Å². The summed E-state index contributed by atoms with van der Waals surface area (Å²) in [4.78, 5) is -0.168. The van der Waals surface area contributed by atoms with E-state index in [2.05, 4.69) is 15.9 Å². The Balaban J connectivity index is 2.30. The summed E-state index contributed by atoms with van der Waals surface area (Å²) in [6.45, 7) is 0.685. The molecule has 1 aromatic rings. The van der Waals surface area contributed by atoms with Crippen molar-refractivity contribution < 1.29 is 17.2 Å². The quantitative estimate of drug-likeness (QED) is 0.776. The second-order valence-corrected chi connectivity index (χ2v) is 7.35. The van der Waals surface area contributed by atoms with Gasteiger partial charge in [-0.3, -0.25) is 0 Å². The molecule has 1 aliphatic heterocycles. The van der Waals surface area contributed by atoms with Crippen molar-refractivity contribution in [3.63, 3.8) is 0 Å². The summed E-state index contributed by atoms with van der Waals surface area (Å²) >= 11 is 3.42. The number of hydrogen-bond acceptors (Lipinski definition) is 2. The summed E-state index contributed by atoms with van der Waals surface area (Å²) in [5.41, 5.74) is 0. The standard InChI is InChI=1S/C11H12BrF2NO2S/c12-8-3-5-15(6-4-8)18(16,17)11-2-1-9(13)7-10(11)14/h1-2,7-8H,3-6H2. The summed E-state index contributed by atoms with van der Waals surface area (Å²) in [7, 11) is -3.86. The van der Waals surface area contributed by atoms with Gasteiger partial charge in [0.25, 0.3) is 0 Å². The molecule has 0 saturated carbocycles. The van der Waals surface area contributed by atoms with Gasteiger partial charge in [0.15, 0.2) is 0 Å². The maximum absolute atomic E-state index is 13.5. The number of sulfonamides is 1. The number of halogens is 3. The molecule has 100 valence electrons. The first kappa shape index (κ1) is 13.9. The fourth-order valence-electron chi connectivity index (χ4n) is 1.89. The zero-order chi connectivity index (χ0) is 13.3. The summed E-state index contributed by atoms with van der Waals surface area (Å²) in [6.07, 6.45) is 1.37. The Morgan fingerprint density at radius 1 is 1.22 bits per heavy atom. The molecule has 18 heavy (non-hydrogen) atoms. The Morgan fingerprint density at radius 2 is 1.83 bits per heavy atom. The smallest absolute Gasteiger partial charge is 0.207 e. The number of nitrogens with zero attached hydrogens (tertiary/aromatic N) is 1. The van der Waals surface area contributed by atoms with E-state index in [9.17, 15) is 17.2 Å². The highest BCUT2D eigenvalue weighted by Gasteiger charge is 2.30. The van der Waals surface area contributed by atoms with Gasteiger partial charge in [0.05, 0.1) is 0 Å². The van der Waals surface area contributed by atoms with Gasteiger partial charge in [-0.25, -0.2) is 17.2 Å². The van der Waals surface area contributed by atoms with E-state index in [0.29, 0.717) is 36.8 Å². The Kier molecular flexibility index (Phi) is 4.03. The SMILES string of the molecule is O=S(=O)(c1ccc(F)cc1F)N1CCC(Br)CC1. The number of benzene rings is 1. The topological polar surface area (TPSA) is 37.4 Å². The Labute approximate surface area is 113 Å². The maximum atomic E-state index is 13.5. The molecule has 1 aromatic carbocycles. The number of piperidine rings is 1. The van der Waals surface area contributed by atoms with Crippen LogP contribution in [-0.2, 0) is 10.0 Å². The molecule has 0 radical (unpaired) electrons. The summed E-state index contributed by atoms with van der Waals surface area (Å²) < 4.78 is 51.9. The van der Waals surface area contributed by atoms with Gasteiger partial charge in [0, 0.05) is 24.0 Å². The molecule has 2 rings (SSSR count). The number of alkyl halides is 1. The lowest BCUT2D eigenvalue weighted by molar-refractivity contribution is 0.352. The Morgan fingerprint density at radius 3 is 2.39 bits per heavy atom. The summed E-state index contributed by atoms with van der Waals surface area (Å²) in [6, 6.07) is 2.51. The van der Waals surface area contributed by atoms with Crippen molar-refractivity contribution in [3.05, 3.63) is 29.8 Å². The van der Waals surface area contributed by atoms with Crippen LogP contribution in [0.5, 0.6) is 0 Å². The predicted octanol–water partition coefficient (Wildman–Crippen LogP) is 2.51. The van der Waals surface area contributed by atoms with E-state index < -0.39 is 26.6 Å². The van der Waals surface area contributed by atoms with Gasteiger partial charge in [-0.05, 0) is 25.0 Å². The predicted molar refractivity (Wildman–Crippen MR) is 67.1 cm³/mol. The van der Waals surface area contributed by atoms with Crippen LogP contribution in [0, 0.1) is 11.6 Å². The van der Waals surface area contributed by atoms with Crippen LogP contribution in [0.2, 0.25) is 0 Å². The molecule has 0 bridgehead atoms. The fourth-order valence-corrected chi connectivity index (χ4v) is 3.81. The van der Waals surface area contributed by atoms with Crippen molar-refractivity contribution in [1.29, 1.82) is 0 Å². The molecule has 0 N–H and O–H groups in total. The van der Waals surface area contributed by atoms with Gasteiger partial charge < -0.3 is 0 Å². The fraction of sp³-hybridized carbons (Fsp3) is 0.455. The third kappa shape index (κ3) is 2.73. The van der Waals surface area contributed by atoms with E-state index >= 15 is 0 Å². The monoisotopic (exact) mass is 339 g/mol. The van der Waals surface area contributed by atoms with E-state index in [1.807, 2.05) is 0 Å². The molecule has 1 aliphatic rings. The number of hydrogen-bond donors (Lipinski definition) is 0. The minimum absolute atomic E-state index is 0.294. The zero-order valence-electron chi connectivity index (χ0n) is 9.44. The molecule has 0 aromatic heterocycles. The van der Waals surface area contributed by atoms with Crippen LogP contribution < -0.4 is 0 Å². The van der Waals surface area contributed by atoms with Crippen molar-refractivity contribution >= 4 is 26.0 Å². The van der Waals surface area contributed by atoms with Crippen molar-refractivity contribution in [1.82, 2.24) is 4.31 Å². The molecule has 3 nitrogen and oxygen atoms in total. The highest BCUT2D eigenvalue weighted by molar-refractivity contribution is 9.09. The van der Waals surface area contributed by atoms with Crippen LogP contribution in [0.1, 0.15) is 12.8 Å². The van der Waals surface area contributed by atoms with Gasteiger partial charge in [-0.15, -0.1) is 0 Å². The van der Waals surface area contributed by atoms with Gasteiger partial charge >= 0.3 is 0 Å². The zero-order valence-corrected chi connectivity index (χ0v) is 11.8. The van der Waals surface area contributed by atoms with Crippen LogP contribution >= 0.6 is 15.9 Å². The molecule has 7 heteroatoms. The highest BCUT2D eigenvalue weighted by Crippen LogP contribution is 2.25. The molecule has 0 unspecified atom stereocenters. The van der Waals surface area contributed by atoms with E-state index in [-0.39, 0.29) is 0 Å². The van der Waals surface area contributed by atoms with Gasteiger partial charge in [-0.1, -0.05) is 15.9 Å². The van der Waals surface area contributed by atoms with Crippen molar-refractivity contribution in [3.8, 4) is 0 Å². The largest absolute Gasteiger partial charge is 0.245 e. The maximum Gasteiger partial charge on any atom is 0.245 e. The molecule has 0 spiro atoms. The summed E-state index contributed by atoms with van der Waals surface area (Å²) in [5, 5.41) is 0. The van der Waals surface area contributed by atoms with Crippen LogP contribution in [0.3, 0.4) is 0 Å². The molecular weight excluding hydrogens is 328 g/mol. The molecule has 0 amide bonds. The third-order valence-corrected chi connectivity index (χ3v) is 5.74. The minimum atomic E-state index is -3.86. The number of rotatable bonds is 2. The third-order valence-electron chi connectivity index (χ3n) is 2.90. The van der Waals surface area contributed by atoms with E-state index in [4.69, 9.17) is 0 Å². The minimum Gasteiger partial charge on any atom is -0.207 e. The van der Waals surface area contributed by atoms with Gasteiger partial charge in [-0.2, -0.15) is 4.31 Å². The van der Waals surface area contributed by atoms with E-state index in [1.165, 1.54) is 4.31 Å². The normalized spacial score (nSPS) is 19.1. The molecule has 1 fully saturated rings. The van der Waals surface area contributed by atoms with Gasteiger partial charge in [0.1, 0.15) is 16.5 Å². The molecule has 0 aliphatic carbocycles. The van der Waals surface area contributed by atoms with Crippen LogP contribution in [0.25, 0.3) is 0 Å². The molecule has 1 saturated heterocycles. The average Bonchev–Trinajstić information content (AvgIpc) is 2.29. The average molecular weight is 340 g/mol. The van der Waals surface area contributed by atoms with E-state index in [0.717, 1.165) is 12.1 Å². The van der Waals surface area contributed by atoms with Crippen LogP contribution in [0.15, 0.2) is 23.1 Å². The Hall–Kier alpha value is -0.530. The second-order valence-electron chi connectivity index (χ2n) is 4.15. The highest BCUT2D eigenvalue weighted by atomic mass is 79.9. The first-order valence-electron chi connectivity index (χ1n) is 5.50. The lowest BCUT2D eigenvalue weighted by Crippen LogP contribution is -2.39. The van der Waals surface area contributed by atoms with Crippen molar-refractivity contribution in [2.24, 2.45) is 0 Å². The first-order chi connectivity index (χ1) is 8.41. The molecule has 1 heterocycles. The second kappa shape index (κ2) is 5.22. The first-order valence-corrected chi connectivity index (χ1v) is 7.86. The molecule has 0 atom stereocenters. The summed E-state index contributed by atoms with van der Waals surface area (Å²) in [5.74, 6) is -1.83. The molecular formula is C11H12BrF2NO2S.